The third kappa shape index (κ3) is 6.34. The van der Waals surface area contributed by atoms with Crippen LogP contribution in [-0.2, 0) is 6.18 Å². The molecule has 4 heteroatoms. The molecule has 1 aromatic rings. The van der Waals surface area contributed by atoms with Gasteiger partial charge in [0.05, 0.1) is 5.56 Å². The second kappa shape index (κ2) is 8.88. The highest BCUT2D eigenvalue weighted by atomic mass is 19.4. The van der Waals surface area contributed by atoms with Gasteiger partial charge in [-0.3, -0.25) is 0 Å². The summed E-state index contributed by atoms with van der Waals surface area (Å²) >= 11 is 0. The summed E-state index contributed by atoms with van der Waals surface area (Å²) in [5, 5.41) is 3.28. The van der Waals surface area contributed by atoms with Gasteiger partial charge in [-0.05, 0) is 43.5 Å². The van der Waals surface area contributed by atoms with Crippen molar-refractivity contribution in [1.29, 1.82) is 0 Å². The number of rotatable bonds is 9. The molecule has 0 saturated heterocycles. The van der Waals surface area contributed by atoms with E-state index in [0.29, 0.717) is 0 Å². The van der Waals surface area contributed by atoms with Crippen LogP contribution in [0.15, 0.2) is 36.9 Å². The van der Waals surface area contributed by atoms with Crippen LogP contribution >= 0.6 is 0 Å². The fourth-order valence-electron chi connectivity index (χ4n) is 2.38. The Balaban J connectivity index is 2.69. The zero-order valence-electron chi connectivity index (χ0n) is 12.5. The SMILES string of the molecule is C=CCCCCCC(NCC)c1cccc(C(F)(F)F)c1. The Bertz CT molecular complexity index is 426. The first-order valence-electron chi connectivity index (χ1n) is 7.50. The molecule has 0 aliphatic carbocycles. The van der Waals surface area contributed by atoms with Crippen LogP contribution < -0.4 is 5.32 Å². The lowest BCUT2D eigenvalue weighted by Crippen LogP contribution is -2.21. The minimum atomic E-state index is -4.28. The van der Waals surface area contributed by atoms with Crippen molar-refractivity contribution in [2.75, 3.05) is 6.54 Å². The highest BCUT2D eigenvalue weighted by Crippen LogP contribution is 2.31. The molecule has 1 N–H and O–H groups in total. The largest absolute Gasteiger partial charge is 0.416 e. The number of alkyl halides is 3. The predicted octanol–water partition coefficient (Wildman–Crippen LogP) is 5.49. The van der Waals surface area contributed by atoms with Gasteiger partial charge < -0.3 is 5.32 Å². The molecular formula is C17H24F3N. The van der Waals surface area contributed by atoms with Crippen LogP contribution in [0.25, 0.3) is 0 Å². The highest BCUT2D eigenvalue weighted by molar-refractivity contribution is 5.28. The molecule has 1 aromatic carbocycles. The third-order valence-corrected chi connectivity index (χ3v) is 3.47. The van der Waals surface area contributed by atoms with E-state index in [-0.39, 0.29) is 6.04 Å². The molecule has 0 aromatic heterocycles. The Morgan fingerprint density at radius 3 is 2.62 bits per heavy atom. The van der Waals surface area contributed by atoms with Crippen molar-refractivity contribution in [3.63, 3.8) is 0 Å². The van der Waals surface area contributed by atoms with Crippen LogP contribution in [0.3, 0.4) is 0 Å². The molecule has 1 rings (SSSR count). The summed E-state index contributed by atoms with van der Waals surface area (Å²) in [6.45, 7) is 6.40. The summed E-state index contributed by atoms with van der Waals surface area (Å²) in [7, 11) is 0. The molecule has 1 unspecified atom stereocenters. The summed E-state index contributed by atoms with van der Waals surface area (Å²) in [5.74, 6) is 0. The molecule has 0 amide bonds. The molecule has 1 nitrogen and oxygen atoms in total. The van der Waals surface area contributed by atoms with Gasteiger partial charge in [-0.1, -0.05) is 38.0 Å². The zero-order chi connectivity index (χ0) is 15.7. The van der Waals surface area contributed by atoms with Crippen molar-refractivity contribution in [1.82, 2.24) is 5.32 Å². The van der Waals surface area contributed by atoms with Crippen LogP contribution in [0.5, 0.6) is 0 Å². The smallest absolute Gasteiger partial charge is 0.310 e. The van der Waals surface area contributed by atoms with E-state index < -0.39 is 11.7 Å². The highest BCUT2D eigenvalue weighted by Gasteiger charge is 2.30. The number of unbranched alkanes of at least 4 members (excludes halogenated alkanes) is 3. The van der Waals surface area contributed by atoms with Crippen molar-refractivity contribution in [2.24, 2.45) is 0 Å². The molecule has 0 aliphatic rings. The van der Waals surface area contributed by atoms with Gasteiger partial charge in [0.1, 0.15) is 0 Å². The summed E-state index contributed by atoms with van der Waals surface area (Å²) in [5.41, 5.74) is 0.143. The minimum Gasteiger partial charge on any atom is -0.310 e. The summed E-state index contributed by atoms with van der Waals surface area (Å²) in [6, 6.07) is 5.63. The number of allylic oxidation sites excluding steroid dienone is 1. The van der Waals surface area contributed by atoms with Crippen LogP contribution in [0.2, 0.25) is 0 Å². The van der Waals surface area contributed by atoms with Gasteiger partial charge in [0.15, 0.2) is 0 Å². The lowest BCUT2D eigenvalue weighted by atomic mass is 9.98. The average Bonchev–Trinajstić information content (AvgIpc) is 2.45. The number of hydrogen-bond acceptors (Lipinski definition) is 1. The van der Waals surface area contributed by atoms with Crippen LogP contribution in [0, 0.1) is 0 Å². The molecule has 0 radical (unpaired) electrons. The Kier molecular flexibility index (Phi) is 7.51. The van der Waals surface area contributed by atoms with E-state index >= 15 is 0 Å². The standard InChI is InChI=1S/C17H24F3N/c1-3-5-6-7-8-12-16(21-4-2)14-10-9-11-15(13-14)17(18,19)20/h3,9-11,13,16,21H,1,4-8,12H2,2H3. The van der Waals surface area contributed by atoms with Gasteiger partial charge in [-0.2, -0.15) is 13.2 Å². The maximum Gasteiger partial charge on any atom is 0.416 e. The van der Waals surface area contributed by atoms with E-state index in [1.54, 1.807) is 6.07 Å². The number of benzene rings is 1. The maximum absolute atomic E-state index is 12.8. The van der Waals surface area contributed by atoms with E-state index in [4.69, 9.17) is 0 Å². The zero-order valence-corrected chi connectivity index (χ0v) is 12.5. The van der Waals surface area contributed by atoms with Crippen molar-refractivity contribution >= 4 is 0 Å². The first-order valence-corrected chi connectivity index (χ1v) is 7.50. The van der Waals surface area contributed by atoms with E-state index in [0.717, 1.165) is 50.3 Å². The first kappa shape index (κ1) is 17.8. The van der Waals surface area contributed by atoms with E-state index in [1.807, 2.05) is 13.0 Å². The third-order valence-electron chi connectivity index (χ3n) is 3.47. The Hall–Kier alpha value is -1.29. The molecule has 0 spiro atoms. The molecule has 0 fully saturated rings. The quantitative estimate of drug-likeness (QED) is 0.469. The van der Waals surface area contributed by atoms with Crippen molar-refractivity contribution < 1.29 is 13.2 Å². The topological polar surface area (TPSA) is 12.0 Å². The summed E-state index contributed by atoms with van der Waals surface area (Å²) < 4.78 is 38.3. The number of hydrogen-bond donors (Lipinski definition) is 1. The number of nitrogens with one attached hydrogen (secondary N) is 1. The Morgan fingerprint density at radius 2 is 2.00 bits per heavy atom. The Labute approximate surface area is 125 Å². The van der Waals surface area contributed by atoms with E-state index in [2.05, 4.69) is 11.9 Å². The molecule has 1 atom stereocenters. The van der Waals surface area contributed by atoms with Gasteiger partial charge in [-0.25, -0.2) is 0 Å². The van der Waals surface area contributed by atoms with Crippen LogP contribution in [0.4, 0.5) is 13.2 Å². The lowest BCUT2D eigenvalue weighted by molar-refractivity contribution is -0.137. The second-order valence-electron chi connectivity index (χ2n) is 5.16. The van der Waals surface area contributed by atoms with Crippen molar-refractivity contribution in [3.05, 3.63) is 48.0 Å². The molecule has 0 aliphatic heterocycles. The lowest BCUT2D eigenvalue weighted by Gasteiger charge is -2.19. The molecular weight excluding hydrogens is 275 g/mol. The number of halogens is 3. The molecule has 0 bridgehead atoms. The second-order valence-corrected chi connectivity index (χ2v) is 5.16. The first-order chi connectivity index (χ1) is 9.99. The molecule has 21 heavy (non-hydrogen) atoms. The summed E-state index contributed by atoms with van der Waals surface area (Å²) in [4.78, 5) is 0. The van der Waals surface area contributed by atoms with Gasteiger partial charge in [0.25, 0.3) is 0 Å². The van der Waals surface area contributed by atoms with Crippen LogP contribution in [0.1, 0.15) is 56.2 Å². The average molecular weight is 299 g/mol. The van der Waals surface area contributed by atoms with E-state index in [1.165, 1.54) is 12.1 Å². The fourth-order valence-corrected chi connectivity index (χ4v) is 2.38. The monoisotopic (exact) mass is 299 g/mol. The molecule has 0 heterocycles. The minimum absolute atomic E-state index is 0.0129. The Morgan fingerprint density at radius 1 is 1.24 bits per heavy atom. The predicted molar refractivity (Wildman–Crippen MR) is 81.1 cm³/mol. The summed E-state index contributed by atoms with van der Waals surface area (Å²) in [6.07, 6.45) is 2.63. The van der Waals surface area contributed by atoms with Crippen molar-refractivity contribution in [2.45, 2.75) is 51.2 Å². The van der Waals surface area contributed by atoms with Crippen molar-refractivity contribution in [3.8, 4) is 0 Å². The van der Waals surface area contributed by atoms with Gasteiger partial charge in [-0.15, -0.1) is 6.58 Å². The normalized spacial score (nSPS) is 13.1. The van der Waals surface area contributed by atoms with E-state index in [9.17, 15) is 13.2 Å². The fraction of sp³-hybridized carbons (Fsp3) is 0.529. The van der Waals surface area contributed by atoms with Crippen LogP contribution in [-0.4, -0.2) is 6.54 Å². The molecule has 0 saturated carbocycles. The van der Waals surface area contributed by atoms with Gasteiger partial charge in [0.2, 0.25) is 0 Å². The van der Waals surface area contributed by atoms with Gasteiger partial charge in [0, 0.05) is 6.04 Å². The maximum atomic E-state index is 12.8. The van der Waals surface area contributed by atoms with Gasteiger partial charge >= 0.3 is 6.18 Å². The molecule has 118 valence electrons.